The Kier molecular flexibility index (Phi) is 4.83. The fourth-order valence-corrected chi connectivity index (χ4v) is 1.40. The highest BCUT2D eigenvalue weighted by Crippen LogP contribution is 2.05. The predicted octanol–water partition coefficient (Wildman–Crippen LogP) is 0.514. The van der Waals surface area contributed by atoms with E-state index in [9.17, 15) is 4.79 Å². The van der Waals surface area contributed by atoms with Crippen molar-refractivity contribution >= 4 is 5.91 Å². The zero-order chi connectivity index (χ0) is 11.1. The average Bonchev–Trinajstić information content (AvgIpc) is 2.77. The maximum Gasteiger partial charge on any atom is 0.269 e. The summed E-state index contributed by atoms with van der Waals surface area (Å²) in [5.74, 6) is 0.352. The molecule has 5 heteroatoms. The fourth-order valence-electron chi connectivity index (χ4n) is 1.40. The largest absolute Gasteiger partial charge is 0.350 e. The molecule has 1 unspecified atom stereocenters. The Morgan fingerprint density at radius 1 is 1.73 bits per heavy atom. The van der Waals surface area contributed by atoms with Crippen LogP contribution in [-0.4, -0.2) is 29.2 Å². The molecule has 0 aliphatic carbocycles. The molecule has 1 aromatic rings. The van der Waals surface area contributed by atoms with Crippen molar-refractivity contribution in [1.29, 1.82) is 0 Å². The van der Waals surface area contributed by atoms with Gasteiger partial charge in [-0.1, -0.05) is 13.3 Å². The lowest BCUT2D eigenvalue weighted by atomic mass is 10.0. The summed E-state index contributed by atoms with van der Waals surface area (Å²) in [6, 6.07) is 1.65. The van der Waals surface area contributed by atoms with Crippen LogP contribution in [-0.2, 0) is 0 Å². The van der Waals surface area contributed by atoms with E-state index in [-0.39, 0.29) is 5.91 Å². The number of aromatic amines is 1. The van der Waals surface area contributed by atoms with Gasteiger partial charge in [0.05, 0.1) is 0 Å². The maximum atomic E-state index is 11.5. The maximum absolute atomic E-state index is 11.5. The minimum Gasteiger partial charge on any atom is -0.350 e. The van der Waals surface area contributed by atoms with Crippen molar-refractivity contribution in [1.82, 2.24) is 15.5 Å². The molecular formula is C10H18N4O. The van der Waals surface area contributed by atoms with Crippen LogP contribution in [0.1, 0.15) is 30.3 Å². The predicted molar refractivity (Wildman–Crippen MR) is 58.4 cm³/mol. The van der Waals surface area contributed by atoms with Gasteiger partial charge in [0.15, 0.2) is 0 Å². The second-order valence-corrected chi connectivity index (χ2v) is 3.53. The second kappa shape index (κ2) is 6.19. The number of H-pyrrole nitrogens is 1. The minimum absolute atomic E-state index is 0.108. The first kappa shape index (κ1) is 11.7. The van der Waals surface area contributed by atoms with E-state index in [1.54, 1.807) is 12.3 Å². The standard InChI is InChI=1S/C10H18N4O/c1-2-8(3-5-11)7-12-10(15)9-4-6-13-14-9/h4,6,8H,2-3,5,7,11H2,1H3,(H,12,15)(H,13,14). The first-order chi connectivity index (χ1) is 7.27. The summed E-state index contributed by atoms with van der Waals surface area (Å²) < 4.78 is 0. The third-order valence-corrected chi connectivity index (χ3v) is 2.45. The molecule has 1 amide bonds. The van der Waals surface area contributed by atoms with E-state index >= 15 is 0 Å². The van der Waals surface area contributed by atoms with Crippen LogP contribution in [0.15, 0.2) is 12.3 Å². The molecule has 0 aliphatic rings. The summed E-state index contributed by atoms with van der Waals surface area (Å²) in [5.41, 5.74) is 5.97. The molecule has 1 atom stereocenters. The monoisotopic (exact) mass is 210 g/mol. The molecule has 0 fully saturated rings. The fraction of sp³-hybridized carbons (Fsp3) is 0.600. The van der Waals surface area contributed by atoms with E-state index in [0.717, 1.165) is 12.8 Å². The van der Waals surface area contributed by atoms with Gasteiger partial charge in [-0.3, -0.25) is 9.89 Å². The van der Waals surface area contributed by atoms with Gasteiger partial charge in [-0.25, -0.2) is 0 Å². The van der Waals surface area contributed by atoms with Crippen LogP contribution in [0.2, 0.25) is 0 Å². The number of aromatic nitrogens is 2. The van der Waals surface area contributed by atoms with E-state index in [1.165, 1.54) is 0 Å². The topological polar surface area (TPSA) is 83.8 Å². The lowest BCUT2D eigenvalue weighted by Crippen LogP contribution is -2.30. The third kappa shape index (κ3) is 3.71. The third-order valence-electron chi connectivity index (χ3n) is 2.45. The number of hydrogen-bond donors (Lipinski definition) is 3. The highest BCUT2D eigenvalue weighted by molar-refractivity contribution is 5.92. The highest BCUT2D eigenvalue weighted by Gasteiger charge is 2.09. The van der Waals surface area contributed by atoms with Gasteiger partial charge in [0.25, 0.3) is 5.91 Å². The quantitative estimate of drug-likeness (QED) is 0.639. The van der Waals surface area contributed by atoms with E-state index in [1.807, 2.05) is 0 Å². The Hall–Kier alpha value is -1.36. The van der Waals surface area contributed by atoms with Crippen LogP contribution in [0.3, 0.4) is 0 Å². The van der Waals surface area contributed by atoms with Crippen LogP contribution < -0.4 is 11.1 Å². The van der Waals surface area contributed by atoms with Crippen molar-refractivity contribution in [3.8, 4) is 0 Å². The van der Waals surface area contributed by atoms with Crippen molar-refractivity contribution in [3.63, 3.8) is 0 Å². The van der Waals surface area contributed by atoms with Crippen molar-refractivity contribution < 1.29 is 4.79 Å². The zero-order valence-corrected chi connectivity index (χ0v) is 8.99. The molecule has 1 rings (SSSR count). The molecule has 0 aromatic carbocycles. The van der Waals surface area contributed by atoms with Crippen molar-refractivity contribution in [2.24, 2.45) is 11.7 Å². The van der Waals surface area contributed by atoms with Gasteiger partial charge in [-0.2, -0.15) is 5.10 Å². The van der Waals surface area contributed by atoms with Crippen LogP contribution in [0.5, 0.6) is 0 Å². The number of rotatable bonds is 6. The van der Waals surface area contributed by atoms with Crippen molar-refractivity contribution in [3.05, 3.63) is 18.0 Å². The number of carbonyl (C=O) groups excluding carboxylic acids is 1. The number of hydrogen-bond acceptors (Lipinski definition) is 3. The lowest BCUT2D eigenvalue weighted by Gasteiger charge is -2.13. The smallest absolute Gasteiger partial charge is 0.269 e. The van der Waals surface area contributed by atoms with Gasteiger partial charge in [0, 0.05) is 12.7 Å². The molecule has 15 heavy (non-hydrogen) atoms. The van der Waals surface area contributed by atoms with E-state index in [0.29, 0.717) is 24.7 Å². The summed E-state index contributed by atoms with van der Waals surface area (Å²) in [4.78, 5) is 11.5. The second-order valence-electron chi connectivity index (χ2n) is 3.53. The number of nitrogens with zero attached hydrogens (tertiary/aromatic N) is 1. The Balaban J connectivity index is 2.33. The summed E-state index contributed by atoms with van der Waals surface area (Å²) in [6.07, 6.45) is 3.53. The van der Waals surface area contributed by atoms with Crippen molar-refractivity contribution in [2.45, 2.75) is 19.8 Å². The first-order valence-corrected chi connectivity index (χ1v) is 5.25. The summed E-state index contributed by atoms with van der Waals surface area (Å²) >= 11 is 0. The van der Waals surface area contributed by atoms with Gasteiger partial charge in [0.1, 0.15) is 5.69 Å². The molecule has 4 N–H and O–H groups in total. The van der Waals surface area contributed by atoms with Crippen LogP contribution in [0.4, 0.5) is 0 Å². The molecular weight excluding hydrogens is 192 g/mol. The molecule has 0 spiro atoms. The van der Waals surface area contributed by atoms with Crippen LogP contribution in [0.25, 0.3) is 0 Å². The number of nitrogens with one attached hydrogen (secondary N) is 2. The van der Waals surface area contributed by atoms with Gasteiger partial charge >= 0.3 is 0 Å². The van der Waals surface area contributed by atoms with Gasteiger partial charge in [0.2, 0.25) is 0 Å². The lowest BCUT2D eigenvalue weighted by molar-refractivity contribution is 0.0941. The highest BCUT2D eigenvalue weighted by atomic mass is 16.1. The van der Waals surface area contributed by atoms with Crippen LogP contribution >= 0.6 is 0 Å². The summed E-state index contributed by atoms with van der Waals surface area (Å²) in [6.45, 7) is 3.44. The average molecular weight is 210 g/mol. The molecule has 1 heterocycles. The van der Waals surface area contributed by atoms with E-state index in [4.69, 9.17) is 5.73 Å². The summed E-state index contributed by atoms with van der Waals surface area (Å²) in [5, 5.41) is 9.20. The van der Waals surface area contributed by atoms with E-state index in [2.05, 4.69) is 22.4 Å². The molecule has 84 valence electrons. The van der Waals surface area contributed by atoms with Gasteiger partial charge < -0.3 is 11.1 Å². The SMILES string of the molecule is CCC(CCN)CNC(=O)c1ccn[nH]1. The molecule has 1 aromatic heterocycles. The van der Waals surface area contributed by atoms with E-state index < -0.39 is 0 Å². The Morgan fingerprint density at radius 3 is 3.07 bits per heavy atom. The minimum atomic E-state index is -0.108. The zero-order valence-electron chi connectivity index (χ0n) is 8.99. The molecule has 0 aliphatic heterocycles. The first-order valence-electron chi connectivity index (χ1n) is 5.25. The molecule has 0 bridgehead atoms. The van der Waals surface area contributed by atoms with Crippen LogP contribution in [0, 0.1) is 5.92 Å². The normalized spacial score (nSPS) is 12.4. The molecule has 0 saturated carbocycles. The van der Waals surface area contributed by atoms with Gasteiger partial charge in [-0.15, -0.1) is 0 Å². The van der Waals surface area contributed by atoms with Crippen molar-refractivity contribution in [2.75, 3.05) is 13.1 Å². The number of nitrogens with two attached hydrogens (primary N) is 1. The summed E-state index contributed by atoms with van der Waals surface area (Å²) in [7, 11) is 0. The molecule has 5 nitrogen and oxygen atoms in total. The Morgan fingerprint density at radius 2 is 2.53 bits per heavy atom. The Labute approximate surface area is 89.4 Å². The number of carbonyl (C=O) groups is 1. The Bertz CT molecular complexity index is 284. The molecule has 0 saturated heterocycles. The molecule has 0 radical (unpaired) electrons. The van der Waals surface area contributed by atoms with Gasteiger partial charge in [-0.05, 0) is 24.9 Å². The number of amides is 1.